The van der Waals surface area contributed by atoms with Gasteiger partial charge in [0.1, 0.15) is 29.8 Å². The number of hydrogen-bond acceptors (Lipinski definition) is 15. The zero-order chi connectivity index (χ0) is 29.8. The Hall–Kier alpha value is -4.28. The molecule has 3 atom stereocenters. The van der Waals surface area contributed by atoms with Gasteiger partial charge in [-0.2, -0.15) is 4.98 Å². The highest BCUT2D eigenvalue weighted by Gasteiger charge is 2.53. The minimum Gasteiger partial charge on any atom is -0.453 e. The first-order chi connectivity index (χ1) is 18.8. The predicted molar refractivity (Wildman–Crippen MR) is 136 cm³/mol. The van der Waals surface area contributed by atoms with Crippen LogP contribution in [-0.2, 0) is 38.2 Å². The number of β-lactam (4-membered cyclic amide) rings is 1. The molecule has 1 aromatic heterocycles. The van der Waals surface area contributed by atoms with Crippen molar-refractivity contribution < 1.29 is 52.2 Å². The van der Waals surface area contributed by atoms with Crippen LogP contribution in [0.4, 0.5) is 10.7 Å². The lowest BCUT2D eigenvalue weighted by molar-refractivity contribution is -0.168. The van der Waals surface area contributed by atoms with Crippen LogP contribution in [0.3, 0.4) is 0 Å². The van der Waals surface area contributed by atoms with E-state index in [4.69, 9.17) is 29.2 Å². The summed E-state index contributed by atoms with van der Waals surface area (Å²) in [4.78, 5) is 72.3. The van der Waals surface area contributed by atoms with E-state index in [0.717, 1.165) is 4.90 Å². The number of anilines is 1. The number of aromatic nitrogens is 1. The molecule has 3 N–H and O–H groups in total. The summed E-state index contributed by atoms with van der Waals surface area (Å²) >= 11 is 1.27. The zero-order valence-electron chi connectivity index (χ0n) is 22.5. The van der Waals surface area contributed by atoms with Crippen molar-refractivity contribution in [2.75, 3.05) is 25.2 Å². The maximum atomic E-state index is 13.1. The molecule has 1 unspecified atom stereocenters. The molecule has 17 heteroatoms. The highest BCUT2D eigenvalue weighted by atomic mass is 32.2. The van der Waals surface area contributed by atoms with Crippen molar-refractivity contribution in [3.05, 3.63) is 23.4 Å². The van der Waals surface area contributed by atoms with E-state index in [-0.39, 0.29) is 18.0 Å². The van der Waals surface area contributed by atoms with Crippen molar-refractivity contribution in [3.8, 4) is 0 Å². The first-order valence-electron chi connectivity index (χ1n) is 11.9. The van der Waals surface area contributed by atoms with Gasteiger partial charge in [-0.3, -0.25) is 14.5 Å². The van der Waals surface area contributed by atoms with Crippen LogP contribution in [-0.4, -0.2) is 88.3 Å². The Morgan fingerprint density at radius 3 is 2.60 bits per heavy atom. The first-order valence-corrected chi connectivity index (χ1v) is 12.9. The van der Waals surface area contributed by atoms with Crippen molar-refractivity contribution in [1.29, 1.82) is 0 Å². The number of hydrogen-bond donors (Lipinski definition) is 2. The Labute approximate surface area is 232 Å². The number of carbonyl (C=O) groups is 5. The lowest BCUT2D eigenvalue weighted by Crippen LogP contribution is -2.70. The van der Waals surface area contributed by atoms with Crippen molar-refractivity contribution >= 4 is 53.3 Å². The Morgan fingerprint density at radius 2 is 1.98 bits per heavy atom. The second-order valence-electron chi connectivity index (χ2n) is 9.10. The molecule has 218 valence electrons. The van der Waals surface area contributed by atoms with Crippen LogP contribution in [0.2, 0.25) is 0 Å². The van der Waals surface area contributed by atoms with Gasteiger partial charge in [-0.05, 0) is 33.8 Å². The topological polar surface area (TPSA) is 211 Å². The fourth-order valence-electron chi connectivity index (χ4n) is 3.46. The number of rotatable bonds is 9. The number of ether oxygens (including phenoxy) is 4. The third-order valence-corrected chi connectivity index (χ3v) is 6.17. The number of nitrogens with zero attached hydrogens (tertiary/aromatic N) is 3. The van der Waals surface area contributed by atoms with Crippen molar-refractivity contribution in [2.24, 2.45) is 5.16 Å². The molecule has 0 aliphatic carbocycles. The van der Waals surface area contributed by atoms with Crippen LogP contribution in [0.15, 0.2) is 21.3 Å². The fraction of sp³-hybridized carbons (Fsp3) is 0.522. The molecule has 0 bridgehead atoms. The minimum atomic E-state index is -1.28. The van der Waals surface area contributed by atoms with Gasteiger partial charge < -0.3 is 39.3 Å². The first kappa shape index (κ1) is 30.3. The summed E-state index contributed by atoms with van der Waals surface area (Å²) in [6, 6.07) is -1.07. The van der Waals surface area contributed by atoms with E-state index in [1.165, 1.54) is 31.9 Å². The lowest BCUT2D eigenvalue weighted by atomic mass is 10.0. The third-order valence-electron chi connectivity index (χ3n) is 4.99. The van der Waals surface area contributed by atoms with Crippen molar-refractivity contribution in [1.82, 2.24) is 15.2 Å². The average Bonchev–Trinajstić information content (AvgIpc) is 3.25. The van der Waals surface area contributed by atoms with Gasteiger partial charge in [0.2, 0.25) is 12.2 Å². The number of esters is 2. The van der Waals surface area contributed by atoms with E-state index in [1.54, 1.807) is 27.7 Å². The lowest BCUT2D eigenvalue weighted by Gasteiger charge is -2.48. The number of oxime groups is 1. The monoisotopic (exact) mass is 583 g/mol. The number of nitrogens with two attached hydrogens (primary N) is 1. The zero-order valence-corrected chi connectivity index (χ0v) is 23.4. The Kier molecular flexibility index (Phi) is 9.28. The highest BCUT2D eigenvalue weighted by molar-refractivity contribution is 8.00. The van der Waals surface area contributed by atoms with Crippen molar-refractivity contribution in [3.63, 3.8) is 0 Å². The average molecular weight is 584 g/mol. The van der Waals surface area contributed by atoms with Crippen LogP contribution in [0.5, 0.6) is 0 Å². The summed E-state index contributed by atoms with van der Waals surface area (Å²) in [5, 5.41) is 5.48. The largest absolute Gasteiger partial charge is 0.511 e. The van der Waals surface area contributed by atoms with Crippen LogP contribution < -0.4 is 11.1 Å². The quantitative estimate of drug-likeness (QED) is 0.103. The van der Waals surface area contributed by atoms with Crippen LogP contribution in [0, 0.1) is 0 Å². The second kappa shape index (κ2) is 12.3. The molecule has 2 amide bonds. The van der Waals surface area contributed by atoms with Crippen LogP contribution in [0.1, 0.15) is 51.0 Å². The second-order valence-corrected chi connectivity index (χ2v) is 10.3. The summed E-state index contributed by atoms with van der Waals surface area (Å²) in [7, 11) is 1.17. The number of carbonyl (C=O) groups excluding carboxylic acids is 5. The van der Waals surface area contributed by atoms with Gasteiger partial charge in [-0.1, -0.05) is 5.16 Å². The molecule has 2 aliphatic rings. The van der Waals surface area contributed by atoms with E-state index >= 15 is 0 Å². The van der Waals surface area contributed by atoms with E-state index in [9.17, 15) is 24.0 Å². The fourth-order valence-corrected chi connectivity index (χ4v) is 4.65. The minimum absolute atomic E-state index is 0.0733. The highest BCUT2D eigenvalue weighted by Crippen LogP contribution is 2.38. The van der Waals surface area contributed by atoms with Gasteiger partial charge in [-0.15, -0.1) is 11.8 Å². The number of oxazole rings is 1. The molecule has 1 aromatic rings. The summed E-state index contributed by atoms with van der Waals surface area (Å²) in [5.41, 5.74) is 4.13. The van der Waals surface area contributed by atoms with Crippen LogP contribution >= 0.6 is 11.8 Å². The van der Waals surface area contributed by atoms with E-state index < -0.39 is 70.7 Å². The molecule has 2 aliphatic heterocycles. The number of nitrogens with one attached hydrogen (secondary N) is 1. The third kappa shape index (κ3) is 6.83. The summed E-state index contributed by atoms with van der Waals surface area (Å²) in [6.07, 6.45) is -0.822. The van der Waals surface area contributed by atoms with Gasteiger partial charge in [0.15, 0.2) is 11.4 Å². The Balaban J connectivity index is 1.69. The molecule has 1 fully saturated rings. The molecule has 0 aromatic carbocycles. The molecule has 3 rings (SSSR count). The SMILES string of the molecule is CCOC(=O)OC(C)OC(=O)C1=CCS[C@@H]2[C@H](NC(=O)/C(=N\OC)c3nc(C(=O)OC(C)(C)C)oc3N)C(=O)N12. The maximum Gasteiger partial charge on any atom is 0.511 e. The number of thioether (sulfide) groups is 1. The molecular weight excluding hydrogens is 554 g/mol. The number of fused-ring (bicyclic) bond motifs is 1. The summed E-state index contributed by atoms with van der Waals surface area (Å²) < 4.78 is 24.9. The van der Waals surface area contributed by atoms with E-state index in [1.807, 2.05) is 0 Å². The van der Waals surface area contributed by atoms with E-state index in [2.05, 4.69) is 20.2 Å². The molecule has 1 saturated heterocycles. The Bertz CT molecular complexity index is 1250. The molecular formula is C23H29N5O11S. The van der Waals surface area contributed by atoms with Gasteiger partial charge in [-0.25, -0.2) is 14.4 Å². The molecule has 40 heavy (non-hydrogen) atoms. The van der Waals surface area contributed by atoms with Crippen LogP contribution in [0.25, 0.3) is 0 Å². The molecule has 0 saturated carbocycles. The summed E-state index contributed by atoms with van der Waals surface area (Å²) in [6.45, 7) is 7.90. The van der Waals surface area contributed by atoms with Gasteiger partial charge >= 0.3 is 24.0 Å². The van der Waals surface area contributed by atoms with E-state index in [0.29, 0.717) is 5.75 Å². The van der Waals surface area contributed by atoms with Gasteiger partial charge in [0, 0.05) is 12.7 Å². The molecule has 0 radical (unpaired) electrons. The predicted octanol–water partition coefficient (Wildman–Crippen LogP) is 0.909. The molecule has 3 heterocycles. The van der Waals surface area contributed by atoms with Gasteiger partial charge in [0.25, 0.3) is 11.8 Å². The number of amides is 2. The molecule has 16 nitrogen and oxygen atoms in total. The maximum absolute atomic E-state index is 13.1. The standard InChI is InChI=1S/C23H29N5O11S/c1-7-35-22(33)37-10(2)36-20(31)11-8-9-40-19-14(18(30)28(11)19)25-16(29)13(27-34-6)12-15(24)38-17(26-12)21(32)39-23(3,4)5/h8,10,14,19H,7,9,24H2,1-6H3,(H,25,29)/b27-13-/t10?,14-,19-/m1/s1. The number of nitrogen functional groups attached to an aromatic ring is 1. The summed E-state index contributed by atoms with van der Waals surface area (Å²) in [5.74, 6) is -3.97. The van der Waals surface area contributed by atoms with Crippen molar-refractivity contribution in [2.45, 2.75) is 57.9 Å². The Morgan fingerprint density at radius 1 is 1.27 bits per heavy atom. The molecule has 0 spiro atoms. The van der Waals surface area contributed by atoms with Gasteiger partial charge in [0.05, 0.1) is 6.61 Å². The normalized spacial score (nSPS) is 19.4. The smallest absolute Gasteiger partial charge is 0.453 e.